The number of nitrogens with one attached hydrogen (secondary N) is 1. The Balaban J connectivity index is 1.62. The molecular weight excluding hydrogens is 334 g/mol. The van der Waals surface area contributed by atoms with Gasteiger partial charge in [-0.3, -0.25) is 19.6 Å². The highest BCUT2D eigenvalue weighted by Crippen LogP contribution is 2.12. The van der Waals surface area contributed by atoms with Crippen LogP contribution in [0.5, 0.6) is 0 Å². The number of piperazine rings is 1. The first kappa shape index (κ1) is 19.9. The van der Waals surface area contributed by atoms with E-state index in [2.05, 4.69) is 0 Å². The second-order valence-corrected chi connectivity index (χ2v) is 6.49. The number of benzene rings is 1. The predicted octanol–water partition coefficient (Wildman–Crippen LogP) is 1.82. The summed E-state index contributed by atoms with van der Waals surface area (Å²) in [5.41, 5.74) is 2.29. The topological polar surface area (TPSA) is 90.0 Å². The molecule has 0 saturated carbocycles. The molecule has 0 unspecified atom stereocenters. The normalized spacial score (nSPS) is 14.2. The molecule has 0 aromatic heterocycles. The predicted molar refractivity (Wildman–Crippen MR) is 96.6 cm³/mol. The molecule has 26 heavy (non-hydrogen) atoms. The van der Waals surface area contributed by atoms with Crippen LogP contribution in [-0.2, 0) is 9.59 Å². The van der Waals surface area contributed by atoms with Crippen LogP contribution in [-0.4, -0.2) is 58.9 Å². The molecule has 0 aliphatic carbocycles. The monoisotopic (exact) mass is 361 g/mol. The van der Waals surface area contributed by atoms with Crippen molar-refractivity contribution in [1.29, 1.82) is 0 Å². The fraction of sp³-hybridized carbons (Fsp3) is 0.526. The Morgan fingerprint density at radius 3 is 2.04 bits per heavy atom. The third-order valence-electron chi connectivity index (χ3n) is 4.61. The smallest absolute Gasteiger partial charge is 0.253 e. The Labute approximate surface area is 153 Å². The van der Waals surface area contributed by atoms with Crippen LogP contribution in [0.2, 0.25) is 0 Å². The molecule has 0 bridgehead atoms. The number of hydrogen-bond donors (Lipinski definition) is 2. The van der Waals surface area contributed by atoms with Crippen LogP contribution in [0.15, 0.2) is 30.3 Å². The minimum absolute atomic E-state index is 0.0182. The number of hydroxylamine groups is 1. The molecule has 7 nitrogen and oxygen atoms in total. The lowest BCUT2D eigenvalue weighted by atomic mass is 10.1. The van der Waals surface area contributed by atoms with Crippen LogP contribution in [0, 0.1) is 0 Å². The van der Waals surface area contributed by atoms with Crippen LogP contribution in [0.3, 0.4) is 0 Å². The standard InChI is InChI=1S/C19H27N3O4/c23-17(20-26)10-6-1-2-7-11-18(24)21-12-14-22(15-13-21)19(25)16-8-4-3-5-9-16/h3-5,8-9,26H,1-2,6-7,10-15H2,(H,20,23). The Kier molecular flexibility index (Phi) is 8.08. The van der Waals surface area contributed by atoms with E-state index < -0.39 is 0 Å². The van der Waals surface area contributed by atoms with E-state index in [9.17, 15) is 14.4 Å². The number of carbonyl (C=O) groups is 3. The first-order valence-electron chi connectivity index (χ1n) is 9.17. The van der Waals surface area contributed by atoms with Crippen molar-refractivity contribution < 1.29 is 19.6 Å². The van der Waals surface area contributed by atoms with Gasteiger partial charge in [0.25, 0.3) is 5.91 Å². The summed E-state index contributed by atoms with van der Waals surface area (Å²) >= 11 is 0. The van der Waals surface area contributed by atoms with E-state index in [0.717, 1.165) is 19.3 Å². The summed E-state index contributed by atoms with van der Waals surface area (Å²) in [5, 5.41) is 8.40. The van der Waals surface area contributed by atoms with Gasteiger partial charge in [0.1, 0.15) is 0 Å². The molecule has 1 heterocycles. The maximum Gasteiger partial charge on any atom is 0.253 e. The number of rotatable bonds is 8. The van der Waals surface area contributed by atoms with Crippen molar-refractivity contribution in [2.75, 3.05) is 26.2 Å². The molecule has 2 rings (SSSR count). The molecule has 1 aliphatic heterocycles. The summed E-state index contributed by atoms with van der Waals surface area (Å²) in [6.07, 6.45) is 4.06. The number of unbranched alkanes of at least 4 members (excludes halogenated alkanes) is 3. The zero-order valence-electron chi connectivity index (χ0n) is 15.0. The van der Waals surface area contributed by atoms with Gasteiger partial charge in [0.2, 0.25) is 11.8 Å². The highest BCUT2D eigenvalue weighted by Gasteiger charge is 2.24. The summed E-state index contributed by atoms with van der Waals surface area (Å²) in [6.45, 7) is 2.29. The first-order chi connectivity index (χ1) is 12.6. The number of nitrogens with zero attached hydrogens (tertiary/aromatic N) is 2. The summed E-state index contributed by atoms with van der Waals surface area (Å²) in [7, 11) is 0. The number of hydrogen-bond acceptors (Lipinski definition) is 4. The van der Waals surface area contributed by atoms with Crippen LogP contribution in [0.4, 0.5) is 0 Å². The first-order valence-corrected chi connectivity index (χ1v) is 9.17. The third-order valence-corrected chi connectivity index (χ3v) is 4.61. The Morgan fingerprint density at radius 1 is 0.846 bits per heavy atom. The minimum atomic E-state index is -0.371. The summed E-state index contributed by atoms with van der Waals surface area (Å²) in [4.78, 5) is 39.2. The van der Waals surface area contributed by atoms with Crippen molar-refractivity contribution in [3.63, 3.8) is 0 Å². The fourth-order valence-corrected chi connectivity index (χ4v) is 3.05. The molecule has 1 aromatic rings. The largest absolute Gasteiger partial charge is 0.339 e. The molecular formula is C19H27N3O4. The Bertz CT molecular complexity index is 598. The zero-order chi connectivity index (χ0) is 18.8. The summed E-state index contributed by atoms with van der Waals surface area (Å²) in [6, 6.07) is 9.20. The van der Waals surface area contributed by atoms with Gasteiger partial charge < -0.3 is 9.80 Å². The summed E-state index contributed by atoms with van der Waals surface area (Å²) in [5.74, 6) is -0.224. The average Bonchev–Trinajstić information content (AvgIpc) is 2.70. The SMILES string of the molecule is O=C(CCCCCCC(=O)N1CCN(C(=O)c2ccccc2)CC1)NO. The molecule has 0 atom stereocenters. The number of amides is 3. The van der Waals surface area contributed by atoms with Gasteiger partial charge in [-0.1, -0.05) is 31.0 Å². The van der Waals surface area contributed by atoms with Crippen LogP contribution in [0.25, 0.3) is 0 Å². The van der Waals surface area contributed by atoms with E-state index in [-0.39, 0.29) is 17.7 Å². The minimum Gasteiger partial charge on any atom is -0.339 e. The van der Waals surface area contributed by atoms with Gasteiger partial charge in [0.05, 0.1) is 0 Å². The van der Waals surface area contributed by atoms with Crippen molar-refractivity contribution in [2.45, 2.75) is 38.5 Å². The van der Waals surface area contributed by atoms with Gasteiger partial charge in [-0.25, -0.2) is 5.48 Å². The Morgan fingerprint density at radius 2 is 1.42 bits per heavy atom. The molecule has 1 aromatic carbocycles. The van der Waals surface area contributed by atoms with Crippen molar-refractivity contribution in [3.05, 3.63) is 35.9 Å². The van der Waals surface area contributed by atoms with Crippen molar-refractivity contribution in [3.8, 4) is 0 Å². The highest BCUT2D eigenvalue weighted by molar-refractivity contribution is 5.94. The molecule has 1 aliphatic rings. The quantitative estimate of drug-likeness (QED) is 0.420. The maximum atomic E-state index is 12.4. The summed E-state index contributed by atoms with van der Waals surface area (Å²) < 4.78 is 0. The zero-order valence-corrected chi connectivity index (χ0v) is 15.0. The molecule has 0 radical (unpaired) electrons. The molecule has 3 amide bonds. The lowest BCUT2D eigenvalue weighted by molar-refractivity contribution is -0.133. The van der Waals surface area contributed by atoms with Crippen molar-refractivity contribution >= 4 is 17.7 Å². The van der Waals surface area contributed by atoms with E-state index in [1.807, 2.05) is 35.2 Å². The van der Waals surface area contributed by atoms with E-state index in [1.54, 1.807) is 10.4 Å². The van der Waals surface area contributed by atoms with Gasteiger partial charge in [0.15, 0.2) is 0 Å². The van der Waals surface area contributed by atoms with Crippen LogP contribution < -0.4 is 5.48 Å². The third kappa shape index (κ3) is 6.15. The highest BCUT2D eigenvalue weighted by atomic mass is 16.5. The fourth-order valence-electron chi connectivity index (χ4n) is 3.05. The van der Waals surface area contributed by atoms with E-state index in [4.69, 9.17) is 5.21 Å². The van der Waals surface area contributed by atoms with Gasteiger partial charge in [-0.15, -0.1) is 0 Å². The lowest BCUT2D eigenvalue weighted by Gasteiger charge is -2.35. The lowest BCUT2D eigenvalue weighted by Crippen LogP contribution is -2.50. The van der Waals surface area contributed by atoms with Gasteiger partial charge in [-0.05, 0) is 25.0 Å². The maximum absolute atomic E-state index is 12.4. The molecule has 1 fully saturated rings. The molecule has 1 saturated heterocycles. The van der Waals surface area contributed by atoms with Gasteiger partial charge in [0, 0.05) is 44.6 Å². The average molecular weight is 361 g/mol. The molecule has 0 spiro atoms. The second kappa shape index (κ2) is 10.6. The Hall–Kier alpha value is -2.41. The van der Waals surface area contributed by atoms with Crippen LogP contribution >= 0.6 is 0 Å². The van der Waals surface area contributed by atoms with Crippen molar-refractivity contribution in [2.24, 2.45) is 0 Å². The second-order valence-electron chi connectivity index (χ2n) is 6.49. The molecule has 2 N–H and O–H groups in total. The molecule has 7 heteroatoms. The molecule has 142 valence electrons. The number of carbonyl (C=O) groups excluding carboxylic acids is 3. The van der Waals surface area contributed by atoms with E-state index >= 15 is 0 Å². The van der Waals surface area contributed by atoms with Gasteiger partial charge >= 0.3 is 0 Å². The van der Waals surface area contributed by atoms with Crippen molar-refractivity contribution in [1.82, 2.24) is 15.3 Å². The van der Waals surface area contributed by atoms with Gasteiger partial charge in [-0.2, -0.15) is 0 Å². The van der Waals surface area contributed by atoms with E-state index in [1.165, 1.54) is 0 Å². The van der Waals surface area contributed by atoms with E-state index in [0.29, 0.717) is 51.0 Å². The van der Waals surface area contributed by atoms with Crippen LogP contribution in [0.1, 0.15) is 48.9 Å².